The Morgan fingerprint density at radius 1 is 1.09 bits per heavy atom. The first-order chi connectivity index (χ1) is 16.9. The van der Waals surface area contributed by atoms with Gasteiger partial charge in [0.25, 0.3) is 11.5 Å². The van der Waals surface area contributed by atoms with E-state index in [-0.39, 0.29) is 11.5 Å². The van der Waals surface area contributed by atoms with Gasteiger partial charge in [0.2, 0.25) is 0 Å². The maximum Gasteiger partial charge on any atom is 0.271 e. The molecule has 1 aliphatic heterocycles. The Labute approximate surface area is 205 Å². The summed E-state index contributed by atoms with van der Waals surface area (Å²) in [7, 11) is 1.59. The van der Waals surface area contributed by atoms with Crippen molar-refractivity contribution in [2.75, 3.05) is 12.4 Å². The molecule has 1 N–H and O–H groups in total. The molecule has 176 valence electrons. The fourth-order valence-corrected chi connectivity index (χ4v) is 5.12. The van der Waals surface area contributed by atoms with Crippen molar-refractivity contribution in [2.45, 2.75) is 19.9 Å². The van der Waals surface area contributed by atoms with E-state index in [9.17, 15) is 9.59 Å². The molecule has 1 aliphatic rings. The highest BCUT2D eigenvalue weighted by Gasteiger charge is 2.32. The number of anilines is 1. The van der Waals surface area contributed by atoms with E-state index in [1.54, 1.807) is 24.7 Å². The third kappa shape index (κ3) is 4.36. The van der Waals surface area contributed by atoms with Crippen molar-refractivity contribution in [3.63, 3.8) is 0 Å². The molecule has 7 nitrogen and oxygen atoms in total. The lowest BCUT2D eigenvalue weighted by molar-refractivity contribution is -0.113. The van der Waals surface area contributed by atoms with Crippen LogP contribution in [-0.2, 0) is 4.79 Å². The lowest BCUT2D eigenvalue weighted by Gasteiger charge is -2.25. The van der Waals surface area contributed by atoms with Crippen molar-refractivity contribution in [3.8, 4) is 5.75 Å². The Morgan fingerprint density at radius 3 is 2.49 bits per heavy atom. The van der Waals surface area contributed by atoms with Crippen molar-refractivity contribution in [1.29, 1.82) is 0 Å². The van der Waals surface area contributed by atoms with Gasteiger partial charge in [-0.15, -0.1) is 0 Å². The molecular weight excluding hydrogens is 462 g/mol. The first-order valence-corrected chi connectivity index (χ1v) is 11.9. The summed E-state index contributed by atoms with van der Waals surface area (Å²) in [6.45, 7) is 3.65. The van der Waals surface area contributed by atoms with Crippen LogP contribution in [0.15, 0.2) is 92.2 Å². The number of amides is 1. The van der Waals surface area contributed by atoms with Gasteiger partial charge in [-0.3, -0.25) is 14.2 Å². The van der Waals surface area contributed by atoms with Crippen LogP contribution in [0.2, 0.25) is 0 Å². The maximum absolute atomic E-state index is 13.6. The molecule has 0 fully saturated rings. The normalized spacial score (nSPS) is 15.5. The number of rotatable bonds is 5. The Balaban J connectivity index is 1.67. The van der Waals surface area contributed by atoms with Crippen molar-refractivity contribution >= 4 is 29.0 Å². The summed E-state index contributed by atoms with van der Waals surface area (Å²) in [5.74, 6) is 1.72. The fourth-order valence-electron chi connectivity index (χ4n) is 4.09. The highest BCUT2D eigenvalue weighted by Crippen LogP contribution is 2.31. The lowest BCUT2D eigenvalue weighted by atomic mass is 9.95. The standard InChI is InChI=1S/C27H23N3O4S/c1-16-9-12-21(34-16)15-22-26(32)30-24(18-10-13-20(33-3)14-11-18)23(17(2)28-27(30)35-22)25(31)29-19-7-5-4-6-8-19/h4-15,24H,1-3H3,(H,29,31)/b22-15-. The number of para-hydroxylation sites is 1. The minimum absolute atomic E-state index is 0.235. The van der Waals surface area contributed by atoms with Gasteiger partial charge in [0.15, 0.2) is 4.80 Å². The van der Waals surface area contributed by atoms with Gasteiger partial charge in [-0.1, -0.05) is 41.7 Å². The van der Waals surface area contributed by atoms with E-state index in [1.807, 2.05) is 73.7 Å². The van der Waals surface area contributed by atoms with Gasteiger partial charge in [-0.05, 0) is 55.8 Å². The molecule has 0 saturated heterocycles. The van der Waals surface area contributed by atoms with E-state index in [2.05, 4.69) is 10.3 Å². The summed E-state index contributed by atoms with van der Waals surface area (Å²) < 4.78 is 13.0. The number of aryl methyl sites for hydroxylation is 1. The summed E-state index contributed by atoms with van der Waals surface area (Å²) in [5.41, 5.74) is 2.17. The maximum atomic E-state index is 13.6. The van der Waals surface area contributed by atoms with Gasteiger partial charge in [-0.2, -0.15) is 0 Å². The summed E-state index contributed by atoms with van der Waals surface area (Å²) in [6, 6.07) is 19.6. The topological polar surface area (TPSA) is 85.8 Å². The van der Waals surface area contributed by atoms with Gasteiger partial charge < -0.3 is 14.5 Å². The Kier molecular flexibility index (Phi) is 5.96. The molecule has 1 amide bonds. The van der Waals surface area contributed by atoms with Gasteiger partial charge in [0.05, 0.1) is 29.0 Å². The smallest absolute Gasteiger partial charge is 0.271 e. The van der Waals surface area contributed by atoms with Crippen LogP contribution < -0.4 is 24.9 Å². The third-order valence-electron chi connectivity index (χ3n) is 5.76. The van der Waals surface area contributed by atoms with Crippen molar-refractivity contribution < 1.29 is 13.9 Å². The molecule has 0 saturated carbocycles. The predicted octanol–water partition coefficient (Wildman–Crippen LogP) is 3.78. The van der Waals surface area contributed by atoms with Crippen LogP contribution in [0.25, 0.3) is 6.08 Å². The quantitative estimate of drug-likeness (QED) is 0.466. The number of nitrogens with one attached hydrogen (secondary N) is 1. The molecule has 8 heteroatoms. The number of fused-ring (bicyclic) bond motifs is 1. The molecule has 1 atom stereocenters. The molecule has 2 aromatic heterocycles. The summed E-state index contributed by atoms with van der Waals surface area (Å²) in [4.78, 5) is 32.3. The Bertz CT molecular complexity index is 1610. The number of methoxy groups -OCH3 is 1. The first-order valence-electron chi connectivity index (χ1n) is 11.0. The number of hydrogen-bond donors (Lipinski definition) is 1. The van der Waals surface area contributed by atoms with Crippen LogP contribution in [0.1, 0.15) is 30.0 Å². The van der Waals surface area contributed by atoms with Gasteiger partial charge in [-0.25, -0.2) is 4.99 Å². The Hall–Kier alpha value is -4.17. The van der Waals surface area contributed by atoms with Crippen LogP contribution in [0, 0.1) is 6.92 Å². The van der Waals surface area contributed by atoms with Gasteiger partial charge in [0, 0.05) is 11.8 Å². The summed E-state index contributed by atoms with van der Waals surface area (Å²) in [5, 5.41) is 2.95. The van der Waals surface area contributed by atoms with E-state index >= 15 is 0 Å². The van der Waals surface area contributed by atoms with Crippen LogP contribution >= 0.6 is 11.3 Å². The zero-order valence-electron chi connectivity index (χ0n) is 19.4. The molecule has 0 aliphatic carbocycles. The summed E-state index contributed by atoms with van der Waals surface area (Å²) >= 11 is 1.27. The molecule has 5 rings (SSSR count). The largest absolute Gasteiger partial charge is 0.497 e. The minimum Gasteiger partial charge on any atom is -0.497 e. The highest BCUT2D eigenvalue weighted by molar-refractivity contribution is 7.07. The number of benzene rings is 2. The fraction of sp³-hybridized carbons (Fsp3) is 0.148. The zero-order chi connectivity index (χ0) is 24.5. The number of allylic oxidation sites excluding steroid dienone is 1. The molecule has 0 bridgehead atoms. The molecule has 3 heterocycles. The minimum atomic E-state index is -0.652. The number of carbonyl (C=O) groups is 1. The van der Waals surface area contributed by atoms with Gasteiger partial charge >= 0.3 is 0 Å². The van der Waals surface area contributed by atoms with E-state index in [0.717, 1.165) is 11.3 Å². The van der Waals surface area contributed by atoms with Crippen LogP contribution in [0.4, 0.5) is 5.69 Å². The molecule has 2 aromatic carbocycles. The van der Waals surface area contributed by atoms with Crippen molar-refractivity contribution in [3.05, 3.63) is 115 Å². The number of carbonyl (C=O) groups excluding carboxylic acids is 1. The number of ether oxygens (including phenoxy) is 1. The average molecular weight is 486 g/mol. The van der Waals surface area contributed by atoms with Crippen LogP contribution in [-0.4, -0.2) is 17.6 Å². The molecule has 1 unspecified atom stereocenters. The van der Waals surface area contributed by atoms with Crippen LogP contribution in [0.3, 0.4) is 0 Å². The second kappa shape index (κ2) is 9.23. The lowest BCUT2D eigenvalue weighted by Crippen LogP contribution is -2.40. The molecular formula is C27H23N3O4S. The molecule has 0 radical (unpaired) electrons. The van der Waals surface area contributed by atoms with Crippen molar-refractivity contribution in [2.24, 2.45) is 4.99 Å². The van der Waals surface area contributed by atoms with E-state index in [4.69, 9.17) is 9.15 Å². The zero-order valence-corrected chi connectivity index (χ0v) is 20.3. The number of thiazole rings is 1. The molecule has 35 heavy (non-hydrogen) atoms. The number of furan rings is 1. The number of hydrogen-bond acceptors (Lipinski definition) is 6. The first kappa shape index (κ1) is 22.6. The third-order valence-corrected chi connectivity index (χ3v) is 6.75. The second-order valence-corrected chi connectivity index (χ2v) is 9.13. The Morgan fingerprint density at radius 2 is 1.83 bits per heavy atom. The highest BCUT2D eigenvalue weighted by atomic mass is 32.1. The van der Waals surface area contributed by atoms with E-state index in [1.165, 1.54) is 11.3 Å². The summed E-state index contributed by atoms with van der Waals surface area (Å²) in [6.07, 6.45) is 1.71. The average Bonchev–Trinajstić information content (AvgIpc) is 3.41. The van der Waals surface area contributed by atoms with Crippen molar-refractivity contribution in [1.82, 2.24) is 4.57 Å². The predicted molar refractivity (Wildman–Crippen MR) is 135 cm³/mol. The van der Waals surface area contributed by atoms with Crippen LogP contribution in [0.5, 0.6) is 5.75 Å². The number of aromatic nitrogens is 1. The second-order valence-electron chi connectivity index (χ2n) is 8.12. The molecule has 0 spiro atoms. The molecule has 4 aromatic rings. The van der Waals surface area contributed by atoms with E-state index < -0.39 is 6.04 Å². The monoisotopic (exact) mass is 485 g/mol. The SMILES string of the molecule is COc1ccc(C2C(C(=O)Nc3ccccc3)=C(C)N=c3s/c(=C\c4ccc(C)o4)c(=O)n32)cc1. The van der Waals surface area contributed by atoms with E-state index in [0.29, 0.717) is 37.8 Å². The number of nitrogens with zero attached hydrogens (tertiary/aromatic N) is 2. The van der Waals surface area contributed by atoms with Gasteiger partial charge in [0.1, 0.15) is 17.3 Å².